The van der Waals surface area contributed by atoms with Crippen molar-refractivity contribution in [1.82, 2.24) is 9.55 Å². The Kier molecular flexibility index (Phi) is 1.78. The monoisotopic (exact) mass is 199 g/mol. The molecule has 1 aromatic carbocycles. The fraction of sp³-hybridized carbons (Fsp3) is 0.250. The average Bonchev–Trinajstić information content (AvgIpc) is 2.77. The maximum atomic E-state index is 5.92. The van der Waals surface area contributed by atoms with E-state index in [4.69, 9.17) is 5.73 Å². The van der Waals surface area contributed by atoms with Gasteiger partial charge in [-0.1, -0.05) is 18.2 Å². The van der Waals surface area contributed by atoms with Crippen molar-refractivity contribution in [1.29, 1.82) is 0 Å². The summed E-state index contributed by atoms with van der Waals surface area (Å²) < 4.78 is 2.22. The summed E-state index contributed by atoms with van der Waals surface area (Å²) in [5.41, 5.74) is 8.77. The predicted molar refractivity (Wildman–Crippen MR) is 60.4 cm³/mol. The molecule has 0 saturated carbocycles. The molecule has 76 valence electrons. The minimum Gasteiger partial charge on any atom is -0.398 e. The van der Waals surface area contributed by atoms with Crippen LogP contribution < -0.4 is 5.73 Å². The van der Waals surface area contributed by atoms with Crippen molar-refractivity contribution in [3.63, 3.8) is 0 Å². The van der Waals surface area contributed by atoms with Crippen LogP contribution in [-0.4, -0.2) is 9.55 Å². The van der Waals surface area contributed by atoms with Gasteiger partial charge in [0.05, 0.1) is 5.69 Å². The first-order valence-corrected chi connectivity index (χ1v) is 5.25. The molecule has 2 heterocycles. The molecule has 0 radical (unpaired) electrons. The van der Waals surface area contributed by atoms with Crippen molar-refractivity contribution in [2.75, 3.05) is 5.73 Å². The minimum atomic E-state index is 0.800. The highest BCUT2D eigenvalue weighted by molar-refractivity contribution is 5.73. The van der Waals surface area contributed by atoms with Gasteiger partial charge in [0, 0.05) is 30.4 Å². The summed E-state index contributed by atoms with van der Waals surface area (Å²) >= 11 is 0. The second kappa shape index (κ2) is 3.12. The highest BCUT2D eigenvalue weighted by Crippen LogP contribution is 2.26. The van der Waals surface area contributed by atoms with Gasteiger partial charge in [0.15, 0.2) is 0 Å². The molecule has 0 atom stereocenters. The third-order valence-corrected chi connectivity index (χ3v) is 2.90. The van der Waals surface area contributed by atoms with Crippen LogP contribution in [0.15, 0.2) is 30.5 Å². The van der Waals surface area contributed by atoms with E-state index in [1.54, 1.807) is 0 Å². The number of anilines is 1. The third-order valence-electron chi connectivity index (χ3n) is 2.90. The zero-order valence-electron chi connectivity index (χ0n) is 8.48. The zero-order chi connectivity index (χ0) is 10.3. The molecule has 0 saturated heterocycles. The van der Waals surface area contributed by atoms with Crippen molar-refractivity contribution in [3.05, 3.63) is 36.3 Å². The van der Waals surface area contributed by atoms with Crippen LogP contribution in [0.5, 0.6) is 0 Å². The molecule has 2 N–H and O–H groups in total. The van der Waals surface area contributed by atoms with E-state index in [0.29, 0.717) is 0 Å². The number of aryl methyl sites for hydroxylation is 2. The predicted octanol–water partition coefficient (Wildman–Crippen LogP) is 2.08. The summed E-state index contributed by atoms with van der Waals surface area (Å²) in [7, 11) is 0. The molecular formula is C12H13N3. The first-order valence-electron chi connectivity index (χ1n) is 5.25. The van der Waals surface area contributed by atoms with Gasteiger partial charge in [0.2, 0.25) is 0 Å². The summed E-state index contributed by atoms with van der Waals surface area (Å²) in [6.45, 7) is 1.09. The number of imidazole rings is 1. The minimum absolute atomic E-state index is 0.800. The highest BCUT2D eigenvalue weighted by Gasteiger charge is 2.15. The molecular weight excluding hydrogens is 186 g/mol. The van der Waals surface area contributed by atoms with Crippen LogP contribution in [0.3, 0.4) is 0 Å². The molecule has 2 aromatic rings. The largest absolute Gasteiger partial charge is 0.398 e. The normalized spacial score (nSPS) is 14.1. The molecule has 0 aliphatic carbocycles. The Morgan fingerprint density at radius 3 is 2.93 bits per heavy atom. The number of para-hydroxylation sites is 1. The first kappa shape index (κ1) is 8.53. The van der Waals surface area contributed by atoms with Crippen molar-refractivity contribution in [3.8, 4) is 11.3 Å². The van der Waals surface area contributed by atoms with E-state index in [-0.39, 0.29) is 0 Å². The van der Waals surface area contributed by atoms with Crippen molar-refractivity contribution in [2.45, 2.75) is 19.4 Å². The smallest absolute Gasteiger partial charge is 0.109 e. The van der Waals surface area contributed by atoms with Crippen LogP contribution in [0, 0.1) is 0 Å². The maximum absolute atomic E-state index is 5.92. The number of nitrogen functional groups attached to an aromatic ring is 1. The number of hydrogen-bond acceptors (Lipinski definition) is 2. The van der Waals surface area contributed by atoms with E-state index in [1.807, 2.05) is 24.3 Å². The van der Waals surface area contributed by atoms with Gasteiger partial charge in [-0.05, 0) is 12.5 Å². The van der Waals surface area contributed by atoms with Crippen molar-refractivity contribution in [2.24, 2.45) is 0 Å². The summed E-state index contributed by atoms with van der Waals surface area (Å²) in [5.74, 6) is 1.19. The maximum Gasteiger partial charge on any atom is 0.109 e. The number of benzene rings is 1. The highest BCUT2D eigenvalue weighted by atomic mass is 15.1. The summed E-state index contributed by atoms with van der Waals surface area (Å²) in [6.07, 6.45) is 4.41. The van der Waals surface area contributed by atoms with Crippen molar-refractivity contribution >= 4 is 5.69 Å². The lowest BCUT2D eigenvalue weighted by atomic mass is 10.1. The lowest BCUT2D eigenvalue weighted by Crippen LogP contribution is -1.90. The van der Waals surface area contributed by atoms with Gasteiger partial charge in [0.25, 0.3) is 0 Å². The molecule has 0 amide bonds. The molecule has 3 rings (SSSR count). The van der Waals surface area contributed by atoms with Crippen LogP contribution >= 0.6 is 0 Å². The number of fused-ring (bicyclic) bond motifs is 1. The second-order valence-electron chi connectivity index (χ2n) is 3.93. The number of nitrogens with zero attached hydrogens (tertiary/aromatic N) is 2. The fourth-order valence-corrected chi connectivity index (χ4v) is 2.11. The molecule has 0 spiro atoms. The van der Waals surface area contributed by atoms with Crippen molar-refractivity contribution < 1.29 is 0 Å². The van der Waals surface area contributed by atoms with E-state index in [0.717, 1.165) is 29.9 Å². The summed E-state index contributed by atoms with van der Waals surface area (Å²) in [4.78, 5) is 4.60. The summed E-state index contributed by atoms with van der Waals surface area (Å²) in [6, 6.07) is 7.88. The van der Waals surface area contributed by atoms with E-state index in [9.17, 15) is 0 Å². The Hall–Kier alpha value is -1.77. The number of nitrogens with two attached hydrogens (primary N) is 1. The molecule has 3 heteroatoms. The van der Waals surface area contributed by atoms with Crippen LogP contribution in [0.1, 0.15) is 12.2 Å². The van der Waals surface area contributed by atoms with Crippen LogP contribution in [0.4, 0.5) is 5.69 Å². The topological polar surface area (TPSA) is 43.8 Å². The Labute approximate surface area is 88.6 Å². The number of rotatable bonds is 1. The SMILES string of the molecule is Nc1ccccc1-c1cn2c(n1)CCC2. The van der Waals surface area contributed by atoms with Crippen LogP contribution in [-0.2, 0) is 13.0 Å². The molecule has 1 aromatic heterocycles. The van der Waals surface area contributed by atoms with E-state index in [2.05, 4.69) is 15.7 Å². The first-order chi connectivity index (χ1) is 7.34. The molecule has 15 heavy (non-hydrogen) atoms. The van der Waals surface area contributed by atoms with E-state index >= 15 is 0 Å². The molecule has 1 aliphatic heterocycles. The molecule has 1 aliphatic rings. The quantitative estimate of drug-likeness (QED) is 0.714. The lowest BCUT2D eigenvalue weighted by Gasteiger charge is -2.00. The molecule has 0 bridgehead atoms. The van der Waals surface area contributed by atoms with Gasteiger partial charge in [-0.2, -0.15) is 0 Å². The van der Waals surface area contributed by atoms with E-state index in [1.165, 1.54) is 12.2 Å². The number of hydrogen-bond donors (Lipinski definition) is 1. The van der Waals surface area contributed by atoms with Gasteiger partial charge in [-0.25, -0.2) is 4.98 Å². The van der Waals surface area contributed by atoms with Gasteiger partial charge in [-0.15, -0.1) is 0 Å². The van der Waals surface area contributed by atoms with Gasteiger partial charge in [-0.3, -0.25) is 0 Å². The second-order valence-corrected chi connectivity index (χ2v) is 3.93. The summed E-state index contributed by atoms with van der Waals surface area (Å²) in [5, 5.41) is 0. The molecule has 0 unspecified atom stereocenters. The van der Waals surface area contributed by atoms with Gasteiger partial charge < -0.3 is 10.3 Å². The van der Waals surface area contributed by atoms with Crippen LogP contribution in [0.2, 0.25) is 0 Å². The zero-order valence-corrected chi connectivity index (χ0v) is 8.48. The standard InChI is InChI=1S/C12H13N3/c13-10-5-2-1-4-9(10)11-8-15-7-3-6-12(15)14-11/h1-2,4-5,8H,3,6-7,13H2. The number of aromatic nitrogens is 2. The molecule has 3 nitrogen and oxygen atoms in total. The average molecular weight is 199 g/mol. The van der Waals surface area contributed by atoms with E-state index < -0.39 is 0 Å². The fourth-order valence-electron chi connectivity index (χ4n) is 2.11. The lowest BCUT2D eigenvalue weighted by molar-refractivity contribution is 0.750. The van der Waals surface area contributed by atoms with Gasteiger partial charge >= 0.3 is 0 Å². The Bertz CT molecular complexity index is 478. The molecule has 0 fully saturated rings. The van der Waals surface area contributed by atoms with Gasteiger partial charge in [0.1, 0.15) is 5.82 Å². The Morgan fingerprint density at radius 2 is 2.13 bits per heavy atom. The van der Waals surface area contributed by atoms with Crippen LogP contribution in [0.25, 0.3) is 11.3 Å². The third kappa shape index (κ3) is 1.31. The Balaban J connectivity index is 2.10. The Morgan fingerprint density at radius 1 is 1.27 bits per heavy atom.